The highest BCUT2D eigenvalue weighted by Crippen LogP contribution is 2.26. The molecule has 1 aromatic carbocycles. The van der Waals surface area contributed by atoms with Crippen molar-refractivity contribution in [2.45, 2.75) is 33.1 Å². The maximum absolute atomic E-state index is 12.8. The molecule has 5 heteroatoms. The van der Waals surface area contributed by atoms with Gasteiger partial charge in [0.25, 0.3) is 5.91 Å². The molecule has 2 fully saturated rings. The summed E-state index contributed by atoms with van der Waals surface area (Å²) in [7, 11) is 0. The van der Waals surface area contributed by atoms with Crippen molar-refractivity contribution in [2.24, 2.45) is 17.8 Å². The average Bonchev–Trinajstić information content (AvgIpc) is 2.60. The van der Waals surface area contributed by atoms with E-state index in [2.05, 4.69) is 18.7 Å². The van der Waals surface area contributed by atoms with Crippen LogP contribution in [0.1, 0.15) is 43.5 Å². The molecule has 2 aliphatic heterocycles. The zero-order valence-electron chi connectivity index (χ0n) is 15.1. The molecule has 0 radical (unpaired) electrons. The Balaban J connectivity index is 1.55. The number of hydrogen-bond donors (Lipinski definition) is 0. The monoisotopic (exact) mass is 362 g/mol. The van der Waals surface area contributed by atoms with Crippen LogP contribution in [0, 0.1) is 17.8 Å². The van der Waals surface area contributed by atoms with Gasteiger partial charge in [0, 0.05) is 42.7 Å². The van der Waals surface area contributed by atoms with Gasteiger partial charge >= 0.3 is 0 Å². The summed E-state index contributed by atoms with van der Waals surface area (Å²) in [6.07, 6.45) is 2.73. The van der Waals surface area contributed by atoms with E-state index in [-0.39, 0.29) is 17.7 Å². The number of carbonyl (C=O) groups is 2. The Morgan fingerprint density at radius 2 is 1.52 bits per heavy atom. The van der Waals surface area contributed by atoms with Crippen LogP contribution < -0.4 is 0 Å². The number of nitrogens with zero attached hydrogens (tertiary/aromatic N) is 2. The maximum atomic E-state index is 12.8. The van der Waals surface area contributed by atoms with Gasteiger partial charge < -0.3 is 9.80 Å². The first-order chi connectivity index (χ1) is 11.9. The third-order valence-electron chi connectivity index (χ3n) is 5.40. The Labute approximate surface area is 155 Å². The van der Waals surface area contributed by atoms with Gasteiger partial charge in [-0.1, -0.05) is 25.4 Å². The van der Waals surface area contributed by atoms with Crippen molar-refractivity contribution in [3.05, 3.63) is 34.9 Å². The minimum absolute atomic E-state index is 0.0304. The molecule has 0 spiro atoms. The minimum Gasteiger partial charge on any atom is -0.342 e. The van der Waals surface area contributed by atoms with Crippen molar-refractivity contribution in [3.8, 4) is 0 Å². The third kappa shape index (κ3) is 4.35. The second-order valence-corrected chi connectivity index (χ2v) is 8.20. The SMILES string of the molecule is C[C@@H]1C[C@@H](C)CN(C(=O)C2CCN(C(=O)c3ccc(Cl)cc3)CC2)C1. The lowest BCUT2D eigenvalue weighted by atomic mass is 9.89. The molecule has 0 aliphatic carbocycles. The van der Waals surface area contributed by atoms with Crippen LogP contribution in [0.3, 0.4) is 0 Å². The van der Waals surface area contributed by atoms with Gasteiger partial charge in [0.05, 0.1) is 0 Å². The molecule has 0 saturated carbocycles. The van der Waals surface area contributed by atoms with E-state index < -0.39 is 0 Å². The van der Waals surface area contributed by atoms with Gasteiger partial charge in [0.2, 0.25) is 5.91 Å². The van der Waals surface area contributed by atoms with Crippen molar-refractivity contribution in [1.82, 2.24) is 9.80 Å². The lowest BCUT2D eigenvalue weighted by Crippen LogP contribution is -2.48. The minimum atomic E-state index is 0.0304. The van der Waals surface area contributed by atoms with Crippen molar-refractivity contribution in [2.75, 3.05) is 26.2 Å². The van der Waals surface area contributed by atoms with Crippen LogP contribution in [0.4, 0.5) is 0 Å². The van der Waals surface area contributed by atoms with Gasteiger partial charge in [-0.3, -0.25) is 9.59 Å². The van der Waals surface area contributed by atoms with Crippen LogP contribution in [-0.2, 0) is 4.79 Å². The molecule has 2 aliphatic rings. The molecule has 2 heterocycles. The molecule has 3 rings (SSSR count). The summed E-state index contributed by atoms with van der Waals surface area (Å²) >= 11 is 5.88. The van der Waals surface area contributed by atoms with Crippen LogP contribution in [0.5, 0.6) is 0 Å². The van der Waals surface area contributed by atoms with Gasteiger partial charge in [-0.2, -0.15) is 0 Å². The Hall–Kier alpha value is -1.55. The van der Waals surface area contributed by atoms with E-state index in [0.29, 0.717) is 35.5 Å². The standard InChI is InChI=1S/C20H27ClN2O2/c1-14-11-15(2)13-23(12-14)20(25)17-7-9-22(10-8-17)19(24)16-3-5-18(21)6-4-16/h3-6,14-15,17H,7-13H2,1-2H3/t14-,15-/m1/s1. The maximum Gasteiger partial charge on any atom is 0.253 e. The fourth-order valence-corrected chi connectivity index (χ4v) is 4.33. The molecule has 0 aromatic heterocycles. The van der Waals surface area contributed by atoms with E-state index in [1.165, 1.54) is 6.42 Å². The molecule has 0 N–H and O–H groups in total. The first-order valence-electron chi connectivity index (χ1n) is 9.27. The number of likely N-dealkylation sites (tertiary alicyclic amines) is 2. The van der Waals surface area contributed by atoms with E-state index in [9.17, 15) is 9.59 Å². The van der Waals surface area contributed by atoms with Crippen molar-refractivity contribution < 1.29 is 9.59 Å². The number of carbonyl (C=O) groups excluding carboxylic acids is 2. The number of amides is 2. The van der Waals surface area contributed by atoms with Crippen molar-refractivity contribution >= 4 is 23.4 Å². The summed E-state index contributed by atoms with van der Waals surface area (Å²) in [4.78, 5) is 29.3. The van der Waals surface area contributed by atoms with Crippen LogP contribution in [-0.4, -0.2) is 47.8 Å². The van der Waals surface area contributed by atoms with Crippen LogP contribution >= 0.6 is 11.6 Å². The number of piperidine rings is 2. The number of hydrogen-bond acceptors (Lipinski definition) is 2. The van der Waals surface area contributed by atoms with Gasteiger partial charge in [-0.25, -0.2) is 0 Å². The predicted octanol–water partition coefficient (Wildman–Crippen LogP) is 3.70. The Morgan fingerprint density at radius 3 is 2.08 bits per heavy atom. The van der Waals surface area contributed by atoms with Gasteiger partial charge in [-0.05, 0) is 55.4 Å². The Bertz CT molecular complexity index is 613. The second-order valence-electron chi connectivity index (χ2n) is 7.76. The van der Waals surface area contributed by atoms with Gasteiger partial charge in [0.1, 0.15) is 0 Å². The molecule has 0 bridgehead atoms. The average molecular weight is 363 g/mol. The summed E-state index contributed by atoms with van der Waals surface area (Å²) in [5.74, 6) is 1.55. The topological polar surface area (TPSA) is 40.6 Å². The highest BCUT2D eigenvalue weighted by Gasteiger charge is 2.33. The van der Waals surface area contributed by atoms with Crippen LogP contribution in [0.25, 0.3) is 0 Å². The van der Waals surface area contributed by atoms with E-state index in [1.807, 2.05) is 4.90 Å². The zero-order valence-corrected chi connectivity index (χ0v) is 15.8. The summed E-state index contributed by atoms with van der Waals surface area (Å²) in [6.45, 7) is 7.51. The van der Waals surface area contributed by atoms with E-state index in [4.69, 9.17) is 11.6 Å². The highest BCUT2D eigenvalue weighted by molar-refractivity contribution is 6.30. The third-order valence-corrected chi connectivity index (χ3v) is 5.66. The zero-order chi connectivity index (χ0) is 18.0. The summed E-state index contributed by atoms with van der Waals surface area (Å²) in [5, 5.41) is 0.630. The van der Waals surface area contributed by atoms with E-state index >= 15 is 0 Å². The highest BCUT2D eigenvalue weighted by atomic mass is 35.5. The molecule has 2 amide bonds. The number of halogens is 1. The lowest BCUT2D eigenvalue weighted by molar-refractivity contribution is -0.139. The van der Waals surface area contributed by atoms with Crippen molar-refractivity contribution in [1.29, 1.82) is 0 Å². The molecular weight excluding hydrogens is 336 g/mol. The number of rotatable bonds is 2. The first-order valence-corrected chi connectivity index (χ1v) is 9.65. The fourth-order valence-electron chi connectivity index (χ4n) is 4.21. The Morgan fingerprint density at radius 1 is 0.960 bits per heavy atom. The van der Waals surface area contributed by atoms with Gasteiger partial charge in [-0.15, -0.1) is 0 Å². The molecule has 4 nitrogen and oxygen atoms in total. The molecule has 1 aromatic rings. The van der Waals surface area contributed by atoms with Gasteiger partial charge in [0.15, 0.2) is 0 Å². The number of benzene rings is 1. The quantitative estimate of drug-likeness (QED) is 0.804. The molecule has 136 valence electrons. The Kier molecular flexibility index (Phi) is 5.67. The van der Waals surface area contributed by atoms with E-state index in [1.54, 1.807) is 24.3 Å². The first kappa shape index (κ1) is 18.2. The molecule has 2 atom stereocenters. The largest absolute Gasteiger partial charge is 0.342 e. The summed E-state index contributed by atoms with van der Waals surface area (Å²) < 4.78 is 0. The van der Waals surface area contributed by atoms with Crippen LogP contribution in [0.15, 0.2) is 24.3 Å². The smallest absolute Gasteiger partial charge is 0.253 e. The molecule has 0 unspecified atom stereocenters. The normalized spacial score (nSPS) is 25.1. The molecule has 25 heavy (non-hydrogen) atoms. The summed E-state index contributed by atoms with van der Waals surface area (Å²) in [6, 6.07) is 7.00. The fraction of sp³-hybridized carbons (Fsp3) is 0.600. The molecular formula is C20H27ClN2O2. The van der Waals surface area contributed by atoms with E-state index in [0.717, 1.165) is 25.9 Å². The van der Waals surface area contributed by atoms with Crippen LogP contribution in [0.2, 0.25) is 5.02 Å². The predicted molar refractivity (Wildman–Crippen MR) is 99.6 cm³/mol. The summed E-state index contributed by atoms with van der Waals surface area (Å²) in [5.41, 5.74) is 0.660. The second kappa shape index (κ2) is 7.77. The van der Waals surface area contributed by atoms with Crippen molar-refractivity contribution in [3.63, 3.8) is 0 Å². The lowest BCUT2D eigenvalue weighted by Gasteiger charge is -2.39. The molecule has 2 saturated heterocycles.